The first kappa shape index (κ1) is 15.5. The molecule has 1 amide bonds. The number of nitrogens with one attached hydrogen (secondary N) is 1. The maximum atomic E-state index is 13.2. The summed E-state index contributed by atoms with van der Waals surface area (Å²) in [5.41, 5.74) is 0.627. The number of carbonyl (C=O) groups excluding carboxylic acids is 1. The summed E-state index contributed by atoms with van der Waals surface area (Å²) in [6.07, 6.45) is 1.30. The lowest BCUT2D eigenvalue weighted by atomic mass is 9.96. The van der Waals surface area contributed by atoms with Gasteiger partial charge in [0.05, 0.1) is 5.94 Å². The number of amides is 1. The van der Waals surface area contributed by atoms with Gasteiger partial charge in [0, 0.05) is 11.8 Å². The molecule has 22 heavy (non-hydrogen) atoms. The first-order chi connectivity index (χ1) is 10.4. The fraction of sp³-hybridized carbons (Fsp3) is 0.0714. The number of halogens is 1. The monoisotopic (exact) mass is 302 g/mol. The summed E-state index contributed by atoms with van der Waals surface area (Å²) >= 11 is 0. The number of nitrogens with zero attached hydrogens (tertiary/aromatic N) is 1. The summed E-state index contributed by atoms with van der Waals surface area (Å²) in [7, 11) is 1.29. The van der Waals surface area contributed by atoms with E-state index < -0.39 is 29.4 Å². The average Bonchev–Trinajstić information content (AvgIpc) is 2.46. The van der Waals surface area contributed by atoms with Crippen LogP contribution in [0.4, 0.5) is 4.39 Å². The molecule has 0 saturated heterocycles. The van der Waals surface area contributed by atoms with Gasteiger partial charge < -0.3 is 15.5 Å². The molecule has 0 aliphatic heterocycles. The third-order valence-corrected chi connectivity index (χ3v) is 2.96. The fourth-order valence-electron chi connectivity index (χ4n) is 1.78. The molecule has 0 saturated carbocycles. The highest BCUT2D eigenvalue weighted by Crippen LogP contribution is 2.25. The first-order valence-corrected chi connectivity index (χ1v) is 6.37. The molecule has 8 heteroatoms. The Morgan fingerprint density at radius 3 is 2.59 bits per heavy atom. The predicted octanol–water partition coefficient (Wildman–Crippen LogP) is 0.367. The summed E-state index contributed by atoms with van der Waals surface area (Å²) < 4.78 is 13.2. The number of pyridine rings is 1. The number of carboxylic acid groups (broad SMARTS) is 1. The van der Waals surface area contributed by atoms with E-state index in [0.717, 1.165) is 0 Å². The van der Waals surface area contributed by atoms with Crippen LogP contribution in [0.2, 0.25) is 0 Å². The second-order valence-electron chi connectivity index (χ2n) is 4.64. The molecule has 1 atom stereocenters. The molecule has 0 fully saturated rings. The molecule has 6 nitrogen and oxygen atoms in total. The Kier molecular flexibility index (Phi) is 4.40. The van der Waals surface area contributed by atoms with Crippen LogP contribution >= 0.6 is 0 Å². The van der Waals surface area contributed by atoms with Crippen molar-refractivity contribution < 1.29 is 24.2 Å². The number of aromatic nitrogens is 1. The smallest absolute Gasteiger partial charge is 0.317 e. The standard InChI is InChI=1S/C14H12BFN2O4/c15-12(14(21)22)18-13(20)11-10(19)5-8(6-17-11)7-2-1-3-9(16)4-7/h1-6,12,19H,15H2,(H,18,20)(H,21,22). The SMILES string of the molecule is BC(NC(=O)c1ncc(-c2cccc(F)c2)cc1O)C(=O)O. The Balaban J connectivity index is 2.27. The third kappa shape index (κ3) is 3.40. The minimum Gasteiger partial charge on any atom is -0.505 e. The minimum atomic E-state index is -1.20. The second-order valence-corrected chi connectivity index (χ2v) is 4.64. The molecule has 2 aromatic rings. The van der Waals surface area contributed by atoms with Crippen molar-refractivity contribution in [3.8, 4) is 16.9 Å². The van der Waals surface area contributed by atoms with E-state index in [1.54, 1.807) is 6.07 Å². The van der Waals surface area contributed by atoms with E-state index in [-0.39, 0.29) is 5.69 Å². The van der Waals surface area contributed by atoms with Crippen LogP contribution in [0.3, 0.4) is 0 Å². The highest BCUT2D eigenvalue weighted by molar-refractivity contribution is 6.24. The molecule has 1 heterocycles. The summed E-state index contributed by atoms with van der Waals surface area (Å²) in [4.78, 5) is 26.3. The summed E-state index contributed by atoms with van der Waals surface area (Å²) in [5.74, 6) is -3.98. The fourth-order valence-corrected chi connectivity index (χ4v) is 1.78. The lowest BCUT2D eigenvalue weighted by Gasteiger charge is -2.10. The molecule has 1 aromatic heterocycles. The van der Waals surface area contributed by atoms with Crippen molar-refractivity contribution in [3.05, 3.63) is 48.0 Å². The molecule has 0 aliphatic rings. The number of carbonyl (C=O) groups is 2. The van der Waals surface area contributed by atoms with Crippen molar-refractivity contribution in [2.45, 2.75) is 5.94 Å². The molecular weight excluding hydrogens is 290 g/mol. The van der Waals surface area contributed by atoms with Crippen molar-refractivity contribution >= 4 is 19.7 Å². The Hall–Kier alpha value is -2.90. The van der Waals surface area contributed by atoms with E-state index in [0.29, 0.717) is 11.1 Å². The highest BCUT2D eigenvalue weighted by atomic mass is 19.1. The van der Waals surface area contributed by atoms with Crippen LogP contribution in [0, 0.1) is 5.82 Å². The molecular formula is C14H12BFN2O4. The Labute approximate surface area is 126 Å². The van der Waals surface area contributed by atoms with E-state index >= 15 is 0 Å². The van der Waals surface area contributed by atoms with Gasteiger partial charge in [-0.25, -0.2) is 9.37 Å². The van der Waals surface area contributed by atoms with E-state index in [1.165, 1.54) is 38.3 Å². The van der Waals surface area contributed by atoms with Gasteiger partial charge in [-0.2, -0.15) is 0 Å². The summed E-state index contributed by atoms with van der Waals surface area (Å²) in [5, 5.41) is 20.8. The number of benzene rings is 1. The van der Waals surface area contributed by atoms with Crippen molar-refractivity contribution in [1.82, 2.24) is 10.3 Å². The zero-order valence-electron chi connectivity index (χ0n) is 11.6. The van der Waals surface area contributed by atoms with Gasteiger partial charge >= 0.3 is 5.97 Å². The van der Waals surface area contributed by atoms with E-state index in [9.17, 15) is 19.1 Å². The summed E-state index contributed by atoms with van der Waals surface area (Å²) in [6, 6.07) is 6.96. The predicted molar refractivity (Wildman–Crippen MR) is 78.7 cm³/mol. The van der Waals surface area contributed by atoms with Gasteiger partial charge in [-0.1, -0.05) is 12.1 Å². The molecule has 0 aliphatic carbocycles. The molecule has 1 aromatic carbocycles. The topological polar surface area (TPSA) is 99.5 Å². The highest BCUT2D eigenvalue weighted by Gasteiger charge is 2.19. The van der Waals surface area contributed by atoms with E-state index in [2.05, 4.69) is 10.3 Å². The number of carboxylic acids is 1. The number of aliphatic carboxylic acids is 1. The molecule has 0 radical (unpaired) electrons. The van der Waals surface area contributed by atoms with Gasteiger partial charge in [0.1, 0.15) is 19.4 Å². The molecule has 3 N–H and O–H groups in total. The van der Waals surface area contributed by atoms with Gasteiger partial charge in [0.25, 0.3) is 5.91 Å². The molecule has 2 rings (SSSR count). The van der Waals surface area contributed by atoms with Crippen LogP contribution in [0.5, 0.6) is 5.75 Å². The molecule has 0 spiro atoms. The van der Waals surface area contributed by atoms with Crippen LogP contribution in [0.15, 0.2) is 36.5 Å². The second kappa shape index (κ2) is 6.25. The van der Waals surface area contributed by atoms with E-state index in [4.69, 9.17) is 5.11 Å². The minimum absolute atomic E-state index is 0.298. The number of aromatic hydroxyl groups is 1. The number of hydrogen-bond acceptors (Lipinski definition) is 4. The van der Waals surface area contributed by atoms with Crippen molar-refractivity contribution in [2.24, 2.45) is 0 Å². The van der Waals surface area contributed by atoms with Gasteiger partial charge in [-0.15, -0.1) is 0 Å². The van der Waals surface area contributed by atoms with Crippen molar-refractivity contribution in [3.63, 3.8) is 0 Å². The Bertz CT molecular complexity index is 739. The van der Waals surface area contributed by atoms with Crippen LogP contribution in [0.25, 0.3) is 11.1 Å². The van der Waals surface area contributed by atoms with Gasteiger partial charge in [-0.3, -0.25) is 9.59 Å². The zero-order chi connectivity index (χ0) is 16.3. The number of rotatable bonds is 4. The molecule has 112 valence electrons. The maximum Gasteiger partial charge on any atom is 0.317 e. The largest absolute Gasteiger partial charge is 0.505 e. The maximum absolute atomic E-state index is 13.2. The van der Waals surface area contributed by atoms with Crippen LogP contribution in [-0.2, 0) is 4.79 Å². The quantitative estimate of drug-likeness (QED) is 0.709. The van der Waals surface area contributed by atoms with Gasteiger partial charge in [0.2, 0.25) is 0 Å². The van der Waals surface area contributed by atoms with E-state index in [1.807, 2.05) is 0 Å². The molecule has 0 bridgehead atoms. The summed E-state index contributed by atoms with van der Waals surface area (Å²) in [6.45, 7) is 0. The average molecular weight is 302 g/mol. The number of hydrogen-bond donors (Lipinski definition) is 3. The van der Waals surface area contributed by atoms with Gasteiger partial charge in [-0.05, 0) is 23.8 Å². The lowest BCUT2D eigenvalue weighted by molar-refractivity contribution is -0.137. The normalized spacial score (nSPS) is 11.7. The van der Waals surface area contributed by atoms with Crippen LogP contribution in [0.1, 0.15) is 10.5 Å². The zero-order valence-corrected chi connectivity index (χ0v) is 11.6. The van der Waals surface area contributed by atoms with Crippen LogP contribution in [-0.4, -0.2) is 40.9 Å². The third-order valence-electron chi connectivity index (χ3n) is 2.96. The Morgan fingerprint density at radius 1 is 1.27 bits per heavy atom. The first-order valence-electron chi connectivity index (χ1n) is 6.37. The van der Waals surface area contributed by atoms with Gasteiger partial charge in [0.15, 0.2) is 5.69 Å². The lowest BCUT2D eigenvalue weighted by Crippen LogP contribution is -2.41. The van der Waals surface area contributed by atoms with Crippen LogP contribution < -0.4 is 5.32 Å². The van der Waals surface area contributed by atoms with Crippen molar-refractivity contribution in [1.29, 1.82) is 0 Å². The molecule has 1 unspecified atom stereocenters. The van der Waals surface area contributed by atoms with Crippen molar-refractivity contribution in [2.75, 3.05) is 0 Å². The Morgan fingerprint density at radius 2 is 2.00 bits per heavy atom.